The Balaban J connectivity index is 2.56. The van der Waals surface area contributed by atoms with Crippen LogP contribution in [0.4, 0.5) is 13.2 Å². The number of hydrogen-bond donors (Lipinski definition) is 2. The lowest BCUT2D eigenvalue weighted by Crippen LogP contribution is -2.34. The summed E-state index contributed by atoms with van der Waals surface area (Å²) < 4.78 is 37.8. The van der Waals surface area contributed by atoms with Gasteiger partial charge in [0, 0.05) is 22.7 Å². The van der Waals surface area contributed by atoms with Crippen LogP contribution in [0.25, 0.3) is 6.08 Å². The maximum absolute atomic E-state index is 13.3. The quantitative estimate of drug-likeness (QED) is 0.810. The summed E-state index contributed by atoms with van der Waals surface area (Å²) in [5.74, 6) is -1.21. The molecule has 1 aromatic rings. The number of alkyl halides is 2. The minimum Gasteiger partial charge on any atom is -0.385 e. The minimum atomic E-state index is -2.92. The first-order valence-corrected chi connectivity index (χ1v) is 6.06. The Morgan fingerprint density at radius 2 is 2.16 bits per heavy atom. The van der Waals surface area contributed by atoms with Gasteiger partial charge in [0.25, 0.3) is 6.43 Å². The summed E-state index contributed by atoms with van der Waals surface area (Å²) in [5, 5.41) is 10.9. The fourth-order valence-corrected chi connectivity index (χ4v) is 1.54. The SMILES string of the molecule is O=C(/C=C/c1cc(Br)ccc1F)NCC(O)C(F)F. The summed E-state index contributed by atoms with van der Waals surface area (Å²) in [7, 11) is 0. The molecule has 0 saturated heterocycles. The van der Waals surface area contributed by atoms with Gasteiger partial charge in [-0.05, 0) is 24.3 Å². The smallest absolute Gasteiger partial charge is 0.265 e. The normalized spacial score (nSPS) is 12.9. The average molecular weight is 338 g/mol. The molecule has 19 heavy (non-hydrogen) atoms. The molecule has 0 fully saturated rings. The number of halogens is 4. The zero-order chi connectivity index (χ0) is 14.4. The van der Waals surface area contributed by atoms with Gasteiger partial charge in [0.15, 0.2) is 0 Å². The van der Waals surface area contributed by atoms with Crippen molar-refractivity contribution in [3.8, 4) is 0 Å². The largest absolute Gasteiger partial charge is 0.385 e. The molecule has 0 aliphatic carbocycles. The van der Waals surface area contributed by atoms with Crippen molar-refractivity contribution >= 4 is 27.9 Å². The first-order chi connectivity index (χ1) is 8.90. The van der Waals surface area contributed by atoms with E-state index in [1.807, 2.05) is 0 Å². The summed E-state index contributed by atoms with van der Waals surface area (Å²) in [6.45, 7) is -0.568. The summed E-state index contributed by atoms with van der Waals surface area (Å²) >= 11 is 3.15. The van der Waals surface area contributed by atoms with E-state index < -0.39 is 30.8 Å². The van der Waals surface area contributed by atoms with Crippen molar-refractivity contribution in [3.63, 3.8) is 0 Å². The summed E-state index contributed by atoms with van der Waals surface area (Å²) in [5.41, 5.74) is 0.180. The maximum Gasteiger partial charge on any atom is 0.265 e. The Hall–Kier alpha value is -1.34. The molecule has 0 aliphatic heterocycles. The second-order valence-electron chi connectivity index (χ2n) is 3.65. The van der Waals surface area contributed by atoms with Gasteiger partial charge < -0.3 is 10.4 Å². The van der Waals surface area contributed by atoms with Crippen molar-refractivity contribution in [2.24, 2.45) is 0 Å². The Morgan fingerprint density at radius 3 is 2.79 bits per heavy atom. The van der Waals surface area contributed by atoms with Crippen molar-refractivity contribution < 1.29 is 23.1 Å². The molecule has 7 heteroatoms. The highest BCUT2D eigenvalue weighted by molar-refractivity contribution is 9.10. The van der Waals surface area contributed by atoms with Gasteiger partial charge in [0.2, 0.25) is 5.91 Å². The van der Waals surface area contributed by atoms with E-state index in [0.29, 0.717) is 4.47 Å². The average Bonchev–Trinajstić information content (AvgIpc) is 2.36. The van der Waals surface area contributed by atoms with Gasteiger partial charge in [0.1, 0.15) is 11.9 Å². The highest BCUT2D eigenvalue weighted by Gasteiger charge is 2.16. The van der Waals surface area contributed by atoms with Gasteiger partial charge in [-0.2, -0.15) is 0 Å². The molecule has 0 heterocycles. The monoisotopic (exact) mass is 337 g/mol. The number of carbonyl (C=O) groups excluding carboxylic acids is 1. The fraction of sp³-hybridized carbons (Fsp3) is 0.250. The van der Waals surface area contributed by atoms with Gasteiger partial charge in [0.05, 0.1) is 0 Å². The van der Waals surface area contributed by atoms with E-state index in [0.717, 1.165) is 6.08 Å². The molecule has 1 aromatic carbocycles. The molecule has 1 rings (SSSR count). The molecule has 1 atom stereocenters. The van der Waals surface area contributed by atoms with Crippen LogP contribution in [0, 0.1) is 5.82 Å². The van der Waals surface area contributed by atoms with E-state index in [2.05, 4.69) is 21.2 Å². The number of aliphatic hydroxyl groups excluding tert-OH is 1. The highest BCUT2D eigenvalue weighted by atomic mass is 79.9. The predicted molar refractivity (Wildman–Crippen MR) is 68.2 cm³/mol. The second-order valence-corrected chi connectivity index (χ2v) is 4.56. The Bertz CT molecular complexity index is 480. The standard InChI is InChI=1S/C12H11BrF3NO2/c13-8-2-3-9(14)7(5-8)1-4-11(19)17-6-10(18)12(15)16/h1-5,10,12,18H,6H2,(H,17,19)/b4-1+. The number of amides is 1. The van der Waals surface area contributed by atoms with Crippen LogP contribution in [0.15, 0.2) is 28.7 Å². The molecule has 0 radical (unpaired) electrons. The highest BCUT2D eigenvalue weighted by Crippen LogP contribution is 2.16. The molecular weight excluding hydrogens is 327 g/mol. The molecule has 0 aromatic heterocycles. The third kappa shape index (κ3) is 5.44. The van der Waals surface area contributed by atoms with E-state index in [1.54, 1.807) is 0 Å². The van der Waals surface area contributed by atoms with Gasteiger partial charge in [-0.3, -0.25) is 4.79 Å². The first kappa shape index (κ1) is 15.7. The van der Waals surface area contributed by atoms with E-state index in [9.17, 15) is 18.0 Å². The number of benzene rings is 1. The van der Waals surface area contributed by atoms with Gasteiger partial charge in [-0.15, -0.1) is 0 Å². The Morgan fingerprint density at radius 1 is 1.47 bits per heavy atom. The van der Waals surface area contributed by atoms with Crippen molar-refractivity contribution in [2.75, 3.05) is 6.54 Å². The Kier molecular flexibility index (Phi) is 6.04. The zero-order valence-corrected chi connectivity index (χ0v) is 11.2. The van der Waals surface area contributed by atoms with Gasteiger partial charge in [-0.25, -0.2) is 13.2 Å². The lowest BCUT2D eigenvalue weighted by atomic mass is 10.2. The van der Waals surface area contributed by atoms with Crippen molar-refractivity contribution in [3.05, 3.63) is 40.1 Å². The maximum atomic E-state index is 13.3. The van der Waals surface area contributed by atoms with Crippen LogP contribution in [0.3, 0.4) is 0 Å². The van der Waals surface area contributed by atoms with Gasteiger partial charge in [-0.1, -0.05) is 15.9 Å². The van der Waals surface area contributed by atoms with Crippen LogP contribution < -0.4 is 5.32 Å². The Labute approximate surface area is 116 Å². The molecule has 1 amide bonds. The van der Waals surface area contributed by atoms with Crippen LogP contribution in [0.2, 0.25) is 0 Å². The van der Waals surface area contributed by atoms with Crippen molar-refractivity contribution in [1.29, 1.82) is 0 Å². The molecule has 0 aliphatic rings. The van der Waals surface area contributed by atoms with Crippen molar-refractivity contribution in [1.82, 2.24) is 5.32 Å². The number of aliphatic hydroxyl groups is 1. The lowest BCUT2D eigenvalue weighted by molar-refractivity contribution is -0.117. The predicted octanol–water partition coefficient (Wildman–Crippen LogP) is 2.34. The molecule has 0 spiro atoms. The van der Waals surface area contributed by atoms with Crippen LogP contribution >= 0.6 is 15.9 Å². The number of carbonyl (C=O) groups is 1. The van der Waals surface area contributed by atoms with Crippen LogP contribution in [0.5, 0.6) is 0 Å². The van der Waals surface area contributed by atoms with E-state index in [1.165, 1.54) is 24.3 Å². The van der Waals surface area contributed by atoms with E-state index in [-0.39, 0.29) is 5.56 Å². The van der Waals surface area contributed by atoms with Crippen LogP contribution in [0.1, 0.15) is 5.56 Å². The molecule has 1 unspecified atom stereocenters. The number of rotatable bonds is 5. The van der Waals surface area contributed by atoms with Crippen molar-refractivity contribution in [2.45, 2.75) is 12.5 Å². The van der Waals surface area contributed by atoms with Crippen LogP contribution in [-0.4, -0.2) is 30.1 Å². The molecule has 0 saturated carbocycles. The molecule has 0 bridgehead atoms. The molecule has 3 nitrogen and oxygen atoms in total. The molecule has 104 valence electrons. The summed E-state index contributed by atoms with van der Waals surface area (Å²) in [6.07, 6.45) is -2.63. The zero-order valence-electron chi connectivity index (χ0n) is 9.62. The van der Waals surface area contributed by atoms with E-state index in [4.69, 9.17) is 5.11 Å². The number of hydrogen-bond acceptors (Lipinski definition) is 2. The summed E-state index contributed by atoms with van der Waals surface area (Å²) in [6, 6.07) is 4.20. The van der Waals surface area contributed by atoms with Crippen LogP contribution in [-0.2, 0) is 4.79 Å². The topological polar surface area (TPSA) is 49.3 Å². The minimum absolute atomic E-state index is 0.180. The van der Waals surface area contributed by atoms with Gasteiger partial charge >= 0.3 is 0 Å². The molecular formula is C12H11BrF3NO2. The third-order valence-electron chi connectivity index (χ3n) is 2.15. The third-order valence-corrected chi connectivity index (χ3v) is 2.64. The summed E-state index contributed by atoms with van der Waals surface area (Å²) in [4.78, 5) is 11.3. The first-order valence-electron chi connectivity index (χ1n) is 5.27. The fourth-order valence-electron chi connectivity index (χ4n) is 1.16. The second kappa shape index (κ2) is 7.30. The van der Waals surface area contributed by atoms with E-state index >= 15 is 0 Å². The molecule has 2 N–H and O–H groups in total. The number of nitrogens with one attached hydrogen (secondary N) is 1. The lowest BCUT2D eigenvalue weighted by Gasteiger charge is -2.08.